The highest BCUT2D eigenvalue weighted by molar-refractivity contribution is 7.22. The Morgan fingerprint density at radius 1 is 1.05 bits per heavy atom. The van der Waals surface area contributed by atoms with Crippen molar-refractivity contribution in [2.75, 3.05) is 4.90 Å². The summed E-state index contributed by atoms with van der Waals surface area (Å²) in [6.07, 6.45) is 1.38. The molecule has 0 aliphatic carbocycles. The first-order valence-corrected chi connectivity index (χ1v) is 12.8. The Kier molecular flexibility index (Phi) is 6.01. The lowest BCUT2D eigenvalue weighted by atomic mass is 9.95. The van der Waals surface area contributed by atoms with Crippen molar-refractivity contribution in [3.8, 4) is 5.75 Å². The van der Waals surface area contributed by atoms with Crippen LogP contribution in [0.5, 0.6) is 5.75 Å². The van der Waals surface area contributed by atoms with Crippen LogP contribution in [-0.4, -0.2) is 21.8 Å². The number of ether oxygens (including phenoxy) is 1. The number of aliphatic hydroxyl groups is 1. The lowest BCUT2D eigenvalue weighted by Gasteiger charge is -2.24. The standard InChI is InChI=1S/C30H22N2O5S/c1-18-9-14-22-24(16-18)38-30(31-22)32-26(25(28(34)29(32)35)27(33)23-8-5-15-36-23)20-10-12-21(13-11-20)37-17-19-6-3-2-4-7-19/h2-16,26,34H,17H2,1H3. The lowest BCUT2D eigenvalue weighted by molar-refractivity contribution is -0.117. The quantitative estimate of drug-likeness (QED) is 0.243. The number of hydrogen-bond acceptors (Lipinski definition) is 7. The van der Waals surface area contributed by atoms with Crippen LogP contribution in [0.4, 0.5) is 5.13 Å². The van der Waals surface area contributed by atoms with Gasteiger partial charge in [0.25, 0.3) is 5.91 Å². The second-order valence-electron chi connectivity index (χ2n) is 8.96. The molecule has 1 aliphatic heterocycles. The Labute approximate surface area is 222 Å². The topological polar surface area (TPSA) is 92.9 Å². The first-order chi connectivity index (χ1) is 18.5. The number of Topliss-reactive ketones (excluding diaryl/α,β-unsaturated/α-hetero) is 1. The molecule has 0 radical (unpaired) electrons. The van der Waals surface area contributed by atoms with E-state index in [-0.39, 0.29) is 11.3 Å². The molecule has 0 saturated heterocycles. The van der Waals surface area contributed by atoms with E-state index in [0.717, 1.165) is 21.3 Å². The number of carbonyl (C=O) groups excluding carboxylic acids is 2. The maximum Gasteiger partial charge on any atom is 0.296 e. The number of nitrogens with zero attached hydrogens (tertiary/aromatic N) is 2. The third-order valence-electron chi connectivity index (χ3n) is 6.38. The predicted molar refractivity (Wildman–Crippen MR) is 144 cm³/mol. The zero-order valence-corrected chi connectivity index (χ0v) is 21.1. The largest absolute Gasteiger partial charge is 0.503 e. The van der Waals surface area contributed by atoms with Gasteiger partial charge in [-0.1, -0.05) is 59.9 Å². The molecule has 6 rings (SSSR count). The summed E-state index contributed by atoms with van der Waals surface area (Å²) in [4.78, 5) is 32.9. The number of thiazole rings is 1. The van der Waals surface area contributed by atoms with Gasteiger partial charge in [-0.05, 0) is 60.0 Å². The van der Waals surface area contributed by atoms with Crippen LogP contribution in [0.2, 0.25) is 0 Å². The van der Waals surface area contributed by atoms with Crippen molar-refractivity contribution in [2.45, 2.75) is 19.6 Å². The molecule has 2 aromatic heterocycles. The highest BCUT2D eigenvalue weighted by Gasteiger charge is 2.46. The number of amides is 1. The molecule has 38 heavy (non-hydrogen) atoms. The number of anilines is 1. The van der Waals surface area contributed by atoms with Crippen molar-refractivity contribution in [3.05, 3.63) is 125 Å². The van der Waals surface area contributed by atoms with Crippen LogP contribution in [0.3, 0.4) is 0 Å². The van der Waals surface area contributed by atoms with Gasteiger partial charge in [0.2, 0.25) is 5.78 Å². The zero-order chi connectivity index (χ0) is 26.2. The number of aromatic nitrogens is 1. The van der Waals surface area contributed by atoms with E-state index in [9.17, 15) is 14.7 Å². The molecule has 1 amide bonds. The van der Waals surface area contributed by atoms with Gasteiger partial charge in [-0.25, -0.2) is 4.98 Å². The average Bonchev–Trinajstić information content (AvgIpc) is 3.67. The minimum absolute atomic E-state index is 0.0361. The summed E-state index contributed by atoms with van der Waals surface area (Å²) in [5.74, 6) is -1.19. The molecular formula is C30H22N2O5S. The summed E-state index contributed by atoms with van der Waals surface area (Å²) in [6, 6.07) is 25.0. The summed E-state index contributed by atoms with van der Waals surface area (Å²) in [5, 5.41) is 11.3. The molecule has 188 valence electrons. The number of carbonyl (C=O) groups is 2. The third kappa shape index (κ3) is 4.25. The first kappa shape index (κ1) is 23.7. The van der Waals surface area contributed by atoms with Crippen LogP contribution < -0.4 is 9.64 Å². The van der Waals surface area contributed by atoms with Crippen molar-refractivity contribution in [1.29, 1.82) is 0 Å². The van der Waals surface area contributed by atoms with Crippen LogP contribution in [0.1, 0.15) is 33.3 Å². The highest BCUT2D eigenvalue weighted by Crippen LogP contribution is 2.44. The van der Waals surface area contributed by atoms with Gasteiger partial charge in [-0.15, -0.1) is 0 Å². The number of rotatable bonds is 7. The number of furan rings is 1. The smallest absolute Gasteiger partial charge is 0.296 e. The number of aliphatic hydroxyl groups excluding tert-OH is 1. The summed E-state index contributed by atoms with van der Waals surface area (Å²) >= 11 is 1.33. The van der Waals surface area contributed by atoms with E-state index in [2.05, 4.69) is 4.98 Å². The van der Waals surface area contributed by atoms with Crippen molar-refractivity contribution in [1.82, 2.24) is 4.98 Å². The van der Waals surface area contributed by atoms with E-state index in [4.69, 9.17) is 9.15 Å². The second kappa shape index (κ2) is 9.64. The molecule has 0 spiro atoms. The third-order valence-corrected chi connectivity index (χ3v) is 7.40. The van der Waals surface area contributed by atoms with Gasteiger partial charge in [0, 0.05) is 0 Å². The summed E-state index contributed by atoms with van der Waals surface area (Å²) < 4.78 is 12.1. The minimum atomic E-state index is -0.898. The number of fused-ring (bicyclic) bond motifs is 1. The van der Waals surface area contributed by atoms with Gasteiger partial charge < -0.3 is 14.3 Å². The predicted octanol–water partition coefficient (Wildman–Crippen LogP) is 6.56. The van der Waals surface area contributed by atoms with E-state index in [1.807, 2.05) is 55.5 Å². The average molecular weight is 523 g/mol. The van der Waals surface area contributed by atoms with E-state index in [1.54, 1.807) is 30.3 Å². The fraction of sp³-hybridized carbons (Fsp3) is 0.100. The van der Waals surface area contributed by atoms with Crippen molar-refractivity contribution in [2.24, 2.45) is 0 Å². The van der Waals surface area contributed by atoms with Gasteiger partial charge in [0.15, 0.2) is 16.7 Å². The van der Waals surface area contributed by atoms with E-state index >= 15 is 0 Å². The fourth-order valence-electron chi connectivity index (χ4n) is 4.50. The van der Waals surface area contributed by atoms with Crippen molar-refractivity contribution < 1.29 is 23.8 Å². The number of aryl methyl sites for hydroxylation is 1. The molecule has 8 heteroatoms. The van der Waals surface area contributed by atoms with E-state index in [1.165, 1.54) is 28.6 Å². The molecule has 1 atom stereocenters. The number of benzene rings is 3. The van der Waals surface area contributed by atoms with Crippen molar-refractivity contribution in [3.63, 3.8) is 0 Å². The monoisotopic (exact) mass is 522 g/mol. The van der Waals surface area contributed by atoms with E-state index < -0.39 is 23.5 Å². The Morgan fingerprint density at radius 3 is 2.58 bits per heavy atom. The fourth-order valence-corrected chi connectivity index (χ4v) is 5.59. The highest BCUT2D eigenvalue weighted by atomic mass is 32.1. The van der Waals surface area contributed by atoms with Crippen LogP contribution in [0, 0.1) is 6.92 Å². The van der Waals surface area contributed by atoms with Gasteiger partial charge in [0.1, 0.15) is 12.4 Å². The minimum Gasteiger partial charge on any atom is -0.503 e. The molecule has 0 fully saturated rings. The first-order valence-electron chi connectivity index (χ1n) is 12.0. The van der Waals surface area contributed by atoms with Crippen LogP contribution in [-0.2, 0) is 11.4 Å². The van der Waals surface area contributed by atoms with Gasteiger partial charge in [-0.2, -0.15) is 0 Å². The Balaban J connectivity index is 1.39. The summed E-state index contributed by atoms with van der Waals surface area (Å²) in [7, 11) is 0. The molecule has 1 aliphatic rings. The Morgan fingerprint density at radius 2 is 1.84 bits per heavy atom. The SMILES string of the molecule is Cc1ccc2nc(N3C(=O)C(O)=C(C(=O)c4ccco4)C3c3ccc(OCc4ccccc4)cc3)sc2c1. The molecule has 3 aromatic carbocycles. The molecule has 3 heterocycles. The zero-order valence-electron chi connectivity index (χ0n) is 20.3. The summed E-state index contributed by atoms with van der Waals surface area (Å²) in [6.45, 7) is 2.39. The van der Waals surface area contributed by atoms with Gasteiger partial charge in [0.05, 0.1) is 28.1 Å². The van der Waals surface area contributed by atoms with Crippen molar-refractivity contribution >= 4 is 38.4 Å². The Bertz CT molecular complexity index is 1670. The molecule has 0 bridgehead atoms. The number of ketones is 1. The van der Waals surface area contributed by atoms with E-state index in [0.29, 0.717) is 23.1 Å². The molecule has 5 aromatic rings. The van der Waals surface area contributed by atoms with Crippen LogP contribution >= 0.6 is 11.3 Å². The van der Waals surface area contributed by atoms with Gasteiger partial charge in [-0.3, -0.25) is 14.5 Å². The number of hydrogen-bond donors (Lipinski definition) is 1. The second-order valence-corrected chi connectivity index (χ2v) is 9.97. The van der Waals surface area contributed by atoms with Crippen LogP contribution in [0.25, 0.3) is 10.2 Å². The Hall–Kier alpha value is -4.69. The molecule has 0 saturated carbocycles. The molecule has 1 N–H and O–H groups in total. The molecule has 1 unspecified atom stereocenters. The lowest BCUT2D eigenvalue weighted by Crippen LogP contribution is -2.30. The molecule has 7 nitrogen and oxygen atoms in total. The maximum atomic E-state index is 13.4. The normalized spacial score (nSPS) is 15.4. The van der Waals surface area contributed by atoms with Gasteiger partial charge >= 0.3 is 0 Å². The maximum absolute atomic E-state index is 13.4. The summed E-state index contributed by atoms with van der Waals surface area (Å²) in [5.41, 5.74) is 3.41. The van der Waals surface area contributed by atoms with Crippen LogP contribution in [0.15, 0.2) is 107 Å². The molecular weight excluding hydrogens is 500 g/mol.